The third kappa shape index (κ3) is 5.68. The lowest BCUT2D eigenvalue weighted by Crippen LogP contribution is -2.45. The van der Waals surface area contributed by atoms with E-state index in [0.717, 1.165) is 19.3 Å². The molecule has 0 fully saturated rings. The molecule has 0 saturated heterocycles. The molecule has 10 aromatic carbocycles. The summed E-state index contributed by atoms with van der Waals surface area (Å²) in [5.41, 5.74) is 27.0. The summed E-state index contributed by atoms with van der Waals surface area (Å²) < 4.78 is 0. The number of fused-ring (bicyclic) bond motifs is 19. The standard InChI is InChI=1S/C71H52/c1-45-35-36-66-67(37-45)71(64-33-16-12-29-55(64)56-30-13-17-34-65(56)71)69-44-59-52(43-68(69)70(66)62-31-14-10-27-53(62)54-28-11-15-32-63(54)70)42-58(60-40-49-24-8-9-25-50(49)41-61(59)60)51-26-18-19-46(38-51)39-57(47-20-4-2-5-21-47)48-22-6-3-7-23-48/h2-36,38,40-41,43-45,57-58H,37,39,42H2,1H3. The Balaban J connectivity index is 1.01. The maximum absolute atomic E-state index is 2.74. The van der Waals surface area contributed by atoms with Crippen LogP contribution in [-0.4, -0.2) is 0 Å². The molecule has 15 rings (SSSR count). The van der Waals surface area contributed by atoms with Crippen molar-refractivity contribution in [2.75, 3.05) is 0 Å². The van der Waals surface area contributed by atoms with Crippen molar-refractivity contribution in [3.05, 3.63) is 321 Å². The molecule has 2 spiro atoms. The van der Waals surface area contributed by atoms with E-state index in [0.29, 0.717) is 5.92 Å². The van der Waals surface area contributed by atoms with Gasteiger partial charge in [0.1, 0.15) is 0 Å². The van der Waals surface area contributed by atoms with Crippen LogP contribution in [0.5, 0.6) is 0 Å². The lowest BCUT2D eigenvalue weighted by molar-refractivity contribution is 0.548. The van der Waals surface area contributed by atoms with Crippen LogP contribution in [0.4, 0.5) is 0 Å². The summed E-state index contributed by atoms with van der Waals surface area (Å²) in [6.07, 6.45) is 7.92. The molecule has 10 aromatic rings. The van der Waals surface area contributed by atoms with Gasteiger partial charge < -0.3 is 0 Å². The summed E-state index contributed by atoms with van der Waals surface area (Å²) in [5, 5.41) is 2.59. The van der Waals surface area contributed by atoms with Crippen LogP contribution < -0.4 is 0 Å². The van der Waals surface area contributed by atoms with Crippen LogP contribution in [0, 0.1) is 5.92 Å². The van der Waals surface area contributed by atoms with Gasteiger partial charge in [0.15, 0.2) is 0 Å². The average molecular weight is 905 g/mol. The molecule has 5 aliphatic carbocycles. The maximum atomic E-state index is 2.74. The number of hydrogen-bond donors (Lipinski definition) is 0. The summed E-state index contributed by atoms with van der Waals surface area (Å²) in [4.78, 5) is 0. The van der Waals surface area contributed by atoms with Gasteiger partial charge >= 0.3 is 0 Å². The van der Waals surface area contributed by atoms with Crippen molar-refractivity contribution < 1.29 is 0 Å². The number of allylic oxidation sites excluding steroid dienone is 4. The molecule has 0 nitrogen and oxygen atoms in total. The normalized spacial score (nSPS) is 17.8. The highest BCUT2D eigenvalue weighted by Crippen LogP contribution is 2.69. The van der Waals surface area contributed by atoms with E-state index >= 15 is 0 Å². The molecule has 0 saturated carbocycles. The average Bonchev–Trinajstić information content (AvgIpc) is 3.91. The zero-order valence-corrected chi connectivity index (χ0v) is 39.9. The van der Waals surface area contributed by atoms with E-state index in [-0.39, 0.29) is 11.8 Å². The second-order valence-corrected chi connectivity index (χ2v) is 21.0. The summed E-state index contributed by atoms with van der Waals surface area (Å²) in [7, 11) is 0. The Labute approximate surface area is 417 Å². The van der Waals surface area contributed by atoms with Crippen LogP contribution in [0.1, 0.15) is 91.9 Å². The van der Waals surface area contributed by atoms with E-state index in [4.69, 9.17) is 0 Å². The van der Waals surface area contributed by atoms with E-state index in [9.17, 15) is 0 Å². The first-order chi connectivity index (χ1) is 35.1. The minimum atomic E-state index is -0.496. The van der Waals surface area contributed by atoms with Gasteiger partial charge in [0.2, 0.25) is 0 Å². The minimum absolute atomic E-state index is 0.168. The molecule has 0 heteroatoms. The molecule has 0 bridgehead atoms. The number of hydrogen-bond acceptors (Lipinski definition) is 0. The Morgan fingerprint density at radius 3 is 1.55 bits per heavy atom. The molecular weight excluding hydrogens is 853 g/mol. The SMILES string of the molecule is CC1C=CC2=C(C1)C1(c3ccccc3-c3ccccc31)c1cc3c(cc1C21c2ccccc2-c2ccccc21)CC(c1cccc(CC(c2ccccc2)c2ccccc2)c1)c1cc2ccccc2cc1-3. The molecule has 2 atom stereocenters. The summed E-state index contributed by atoms with van der Waals surface area (Å²) in [6, 6.07) is 88.9. The molecule has 0 amide bonds. The van der Waals surface area contributed by atoms with Gasteiger partial charge in [-0.25, -0.2) is 0 Å². The molecule has 0 aromatic heterocycles. The first kappa shape index (κ1) is 40.8. The van der Waals surface area contributed by atoms with Gasteiger partial charge in [-0.05, 0) is 165 Å². The fourth-order valence-electron chi connectivity index (χ4n) is 14.6. The van der Waals surface area contributed by atoms with Gasteiger partial charge in [-0.15, -0.1) is 0 Å². The van der Waals surface area contributed by atoms with Gasteiger partial charge in [0, 0.05) is 11.8 Å². The summed E-state index contributed by atoms with van der Waals surface area (Å²) in [5.74, 6) is 0.819. The quantitative estimate of drug-likeness (QED) is 0.161. The smallest absolute Gasteiger partial charge is 0.0716 e. The zero-order chi connectivity index (χ0) is 46.8. The Kier molecular flexibility index (Phi) is 8.89. The fourth-order valence-corrected chi connectivity index (χ4v) is 14.6. The van der Waals surface area contributed by atoms with Crippen molar-refractivity contribution in [2.45, 2.75) is 48.9 Å². The lowest BCUT2D eigenvalue weighted by Gasteiger charge is -2.52. The highest BCUT2D eigenvalue weighted by Gasteiger charge is 2.60. The van der Waals surface area contributed by atoms with Crippen molar-refractivity contribution in [1.82, 2.24) is 0 Å². The minimum Gasteiger partial charge on any atom is -0.0810 e. The summed E-state index contributed by atoms with van der Waals surface area (Å²) in [6.45, 7) is 2.42. The van der Waals surface area contributed by atoms with Crippen molar-refractivity contribution in [1.29, 1.82) is 0 Å². The second-order valence-electron chi connectivity index (χ2n) is 21.0. The van der Waals surface area contributed by atoms with Gasteiger partial charge in [0.25, 0.3) is 0 Å². The van der Waals surface area contributed by atoms with Crippen LogP contribution in [0.3, 0.4) is 0 Å². The highest BCUT2D eigenvalue weighted by atomic mass is 14.6. The Bertz CT molecular complexity index is 3750. The van der Waals surface area contributed by atoms with Crippen molar-refractivity contribution in [3.8, 4) is 33.4 Å². The molecule has 0 heterocycles. The monoisotopic (exact) mass is 904 g/mol. The molecular formula is C71H52. The van der Waals surface area contributed by atoms with E-state index < -0.39 is 10.8 Å². The molecule has 0 N–H and O–H groups in total. The van der Waals surface area contributed by atoms with Crippen molar-refractivity contribution in [3.63, 3.8) is 0 Å². The van der Waals surface area contributed by atoms with Crippen LogP contribution >= 0.6 is 0 Å². The van der Waals surface area contributed by atoms with Gasteiger partial charge in [-0.2, -0.15) is 0 Å². The first-order valence-electron chi connectivity index (χ1n) is 25.8. The van der Waals surface area contributed by atoms with Crippen LogP contribution in [0.25, 0.3) is 44.2 Å². The topological polar surface area (TPSA) is 0 Å². The predicted octanol–water partition coefficient (Wildman–Crippen LogP) is 17.1. The van der Waals surface area contributed by atoms with E-state index in [2.05, 4.69) is 250 Å². The second kappa shape index (κ2) is 15.5. The Hall–Kier alpha value is -8.06. The third-order valence-electron chi connectivity index (χ3n) is 17.5. The molecule has 336 valence electrons. The van der Waals surface area contributed by atoms with Crippen LogP contribution in [-0.2, 0) is 23.7 Å². The summed E-state index contributed by atoms with van der Waals surface area (Å²) >= 11 is 0. The third-order valence-corrected chi connectivity index (χ3v) is 17.5. The maximum Gasteiger partial charge on any atom is 0.0716 e. The lowest BCUT2D eigenvalue weighted by atomic mass is 9.50. The van der Waals surface area contributed by atoms with Crippen LogP contribution in [0.15, 0.2) is 254 Å². The molecule has 71 heavy (non-hydrogen) atoms. The Morgan fingerprint density at radius 2 is 0.944 bits per heavy atom. The molecule has 5 aliphatic rings. The molecule has 2 unspecified atom stereocenters. The fraction of sp³-hybridized carbons (Fsp3) is 0.127. The van der Waals surface area contributed by atoms with Gasteiger partial charge in [-0.1, -0.05) is 231 Å². The van der Waals surface area contributed by atoms with E-state index in [1.54, 1.807) is 5.57 Å². The van der Waals surface area contributed by atoms with Crippen LogP contribution in [0.2, 0.25) is 0 Å². The van der Waals surface area contributed by atoms with E-state index in [1.165, 1.54) is 116 Å². The largest absolute Gasteiger partial charge is 0.0810 e. The Morgan fingerprint density at radius 1 is 0.423 bits per heavy atom. The number of benzene rings is 10. The van der Waals surface area contributed by atoms with Gasteiger partial charge in [0.05, 0.1) is 10.8 Å². The van der Waals surface area contributed by atoms with Crippen molar-refractivity contribution >= 4 is 10.8 Å². The highest BCUT2D eigenvalue weighted by molar-refractivity contribution is 5.96. The number of rotatable bonds is 5. The van der Waals surface area contributed by atoms with E-state index in [1.807, 2.05) is 0 Å². The zero-order valence-electron chi connectivity index (χ0n) is 39.9. The predicted molar refractivity (Wildman–Crippen MR) is 293 cm³/mol. The van der Waals surface area contributed by atoms with Gasteiger partial charge in [-0.3, -0.25) is 0 Å². The molecule has 0 radical (unpaired) electrons. The molecule has 0 aliphatic heterocycles. The van der Waals surface area contributed by atoms with Crippen molar-refractivity contribution in [2.24, 2.45) is 5.92 Å². The first-order valence-corrected chi connectivity index (χ1v) is 25.8.